The van der Waals surface area contributed by atoms with Gasteiger partial charge in [-0.15, -0.1) is 0 Å². The number of esters is 1. The first-order valence-corrected chi connectivity index (χ1v) is 14.6. The van der Waals surface area contributed by atoms with Crippen LogP contribution < -0.4 is 21.7 Å². The highest BCUT2D eigenvalue weighted by atomic mass is 16.5. The lowest BCUT2D eigenvalue weighted by molar-refractivity contribution is -0.143. The van der Waals surface area contributed by atoms with E-state index in [4.69, 9.17) is 15.2 Å². The third-order valence-electron chi connectivity index (χ3n) is 6.53. The lowest BCUT2D eigenvalue weighted by atomic mass is 10.00. The lowest BCUT2D eigenvalue weighted by Crippen LogP contribution is -2.56. The molecule has 11 nitrogen and oxygen atoms in total. The van der Waals surface area contributed by atoms with E-state index in [0.717, 1.165) is 11.1 Å². The summed E-state index contributed by atoms with van der Waals surface area (Å²) < 4.78 is 10.3. The maximum Gasteiger partial charge on any atom is 0.408 e. The lowest BCUT2D eigenvalue weighted by Gasteiger charge is -2.26. The summed E-state index contributed by atoms with van der Waals surface area (Å²) >= 11 is 0. The van der Waals surface area contributed by atoms with E-state index in [1.807, 2.05) is 74.5 Å². The molecular weight excluding hydrogens is 552 g/mol. The number of benzene rings is 2. The second kappa shape index (κ2) is 18.9. The molecule has 11 heteroatoms. The Morgan fingerprint density at radius 2 is 1.33 bits per heavy atom. The van der Waals surface area contributed by atoms with Crippen molar-refractivity contribution in [1.29, 1.82) is 0 Å². The average molecular weight is 597 g/mol. The predicted molar refractivity (Wildman–Crippen MR) is 161 cm³/mol. The summed E-state index contributed by atoms with van der Waals surface area (Å²) in [6.07, 6.45) is 0.233. The van der Waals surface area contributed by atoms with E-state index in [2.05, 4.69) is 16.0 Å². The third-order valence-corrected chi connectivity index (χ3v) is 6.53. The van der Waals surface area contributed by atoms with Gasteiger partial charge in [-0.1, -0.05) is 74.5 Å². The molecule has 0 aromatic heterocycles. The van der Waals surface area contributed by atoms with Crippen LogP contribution in [0.5, 0.6) is 0 Å². The smallest absolute Gasteiger partial charge is 0.408 e. The Hall–Kier alpha value is -4.41. The number of hydrogen-bond donors (Lipinski definition) is 4. The van der Waals surface area contributed by atoms with Gasteiger partial charge in [0, 0.05) is 25.3 Å². The number of nitrogens with one attached hydrogen (secondary N) is 3. The average Bonchev–Trinajstić information content (AvgIpc) is 2.97. The number of carbonyl (C=O) groups excluding carboxylic acids is 5. The Bertz CT molecular complexity index is 1170. The highest BCUT2D eigenvalue weighted by Crippen LogP contribution is 2.11. The number of amides is 4. The molecule has 0 fully saturated rings. The van der Waals surface area contributed by atoms with Gasteiger partial charge in [0.15, 0.2) is 0 Å². The molecule has 2 aromatic carbocycles. The molecule has 43 heavy (non-hydrogen) atoms. The molecule has 0 radical (unpaired) electrons. The van der Waals surface area contributed by atoms with Crippen molar-refractivity contribution in [2.75, 3.05) is 6.61 Å². The van der Waals surface area contributed by atoms with Gasteiger partial charge in [0.25, 0.3) is 0 Å². The number of alkyl carbamates (subject to hydrolysis) is 1. The number of carbonyl (C=O) groups is 5. The number of ether oxygens (including phenoxy) is 2. The summed E-state index contributed by atoms with van der Waals surface area (Å²) in [6.45, 7) is 5.80. The largest absolute Gasteiger partial charge is 0.466 e. The van der Waals surface area contributed by atoms with Crippen LogP contribution in [0.15, 0.2) is 60.7 Å². The first kappa shape index (κ1) is 34.8. The second-order valence-corrected chi connectivity index (χ2v) is 10.7. The highest BCUT2D eigenvalue weighted by Gasteiger charge is 2.29. The second-order valence-electron chi connectivity index (χ2n) is 10.7. The number of primary amides is 1. The van der Waals surface area contributed by atoms with Gasteiger partial charge >= 0.3 is 12.1 Å². The topological polar surface area (TPSA) is 166 Å². The molecule has 3 atom stereocenters. The summed E-state index contributed by atoms with van der Waals surface area (Å²) in [6, 6.07) is 15.8. The monoisotopic (exact) mass is 596 g/mol. The van der Waals surface area contributed by atoms with E-state index >= 15 is 0 Å². The van der Waals surface area contributed by atoms with E-state index < -0.39 is 47.9 Å². The summed E-state index contributed by atoms with van der Waals surface area (Å²) in [5.74, 6) is -1.94. The predicted octanol–water partition coefficient (Wildman–Crippen LogP) is 3.15. The van der Waals surface area contributed by atoms with Crippen molar-refractivity contribution < 1.29 is 33.4 Å². The third kappa shape index (κ3) is 14.4. The molecule has 0 bridgehead atoms. The molecule has 4 amide bonds. The molecule has 0 saturated heterocycles. The number of nitrogens with two attached hydrogens (primary N) is 1. The Labute approximate surface area is 253 Å². The first-order chi connectivity index (χ1) is 20.6. The van der Waals surface area contributed by atoms with Crippen molar-refractivity contribution in [3.05, 3.63) is 71.8 Å². The highest BCUT2D eigenvalue weighted by molar-refractivity contribution is 5.91. The molecule has 0 aliphatic rings. The van der Waals surface area contributed by atoms with Crippen LogP contribution in [0, 0.1) is 5.92 Å². The fourth-order valence-electron chi connectivity index (χ4n) is 4.37. The number of rotatable bonds is 18. The fraction of sp³-hybridized carbons (Fsp3) is 0.469. The molecule has 2 rings (SSSR count). The SMILES string of the molecule is CCOC(=O)CC[C@H](CCC(N)=O)NC(=O)[C@H](Cc1ccccc1)NC(=O)[C@H](CC(C)C)NC(=O)OCc1ccccc1. The van der Waals surface area contributed by atoms with Crippen LogP contribution >= 0.6 is 0 Å². The minimum atomic E-state index is -1.01. The molecular formula is C32H44N4O7. The Kier molecular flexibility index (Phi) is 15.3. The van der Waals surface area contributed by atoms with Gasteiger partial charge in [-0.25, -0.2) is 4.79 Å². The van der Waals surface area contributed by atoms with Crippen LogP contribution in [0.1, 0.15) is 64.0 Å². The molecule has 0 saturated carbocycles. The minimum absolute atomic E-state index is 0.00889. The molecule has 234 valence electrons. The van der Waals surface area contributed by atoms with Crippen LogP contribution in [0.4, 0.5) is 4.79 Å². The maximum atomic E-state index is 13.6. The molecule has 0 spiro atoms. The molecule has 2 aromatic rings. The van der Waals surface area contributed by atoms with Crippen molar-refractivity contribution in [1.82, 2.24) is 16.0 Å². The van der Waals surface area contributed by atoms with Gasteiger partial charge in [-0.3, -0.25) is 19.2 Å². The van der Waals surface area contributed by atoms with Crippen molar-refractivity contribution in [3.63, 3.8) is 0 Å². The van der Waals surface area contributed by atoms with Crippen molar-refractivity contribution in [2.45, 2.75) is 84.0 Å². The van der Waals surface area contributed by atoms with Gasteiger partial charge in [0.05, 0.1) is 6.61 Å². The van der Waals surface area contributed by atoms with E-state index in [0.29, 0.717) is 6.42 Å². The standard InChI is InChI=1S/C32H44N4O7/c1-4-42-29(38)18-16-25(15-17-28(33)37)34-30(39)27(20-23-11-7-5-8-12-23)35-31(40)26(19-22(2)3)36-32(41)43-21-24-13-9-6-10-14-24/h5-14,22,25-27H,4,15-21H2,1-3H3,(H2,33,37)(H,34,39)(H,35,40)(H,36,41)/t25-,26-,27-/m0/s1. The summed E-state index contributed by atoms with van der Waals surface area (Å²) in [7, 11) is 0. The van der Waals surface area contributed by atoms with Gasteiger partial charge < -0.3 is 31.2 Å². The van der Waals surface area contributed by atoms with Crippen LogP contribution in [0.3, 0.4) is 0 Å². The van der Waals surface area contributed by atoms with E-state index in [1.54, 1.807) is 6.92 Å². The Morgan fingerprint density at radius 1 is 0.744 bits per heavy atom. The maximum absolute atomic E-state index is 13.6. The van der Waals surface area contributed by atoms with Gasteiger partial charge in [-0.2, -0.15) is 0 Å². The quantitative estimate of drug-likeness (QED) is 0.192. The molecule has 5 N–H and O–H groups in total. The van der Waals surface area contributed by atoms with Crippen molar-refractivity contribution in [3.8, 4) is 0 Å². The Balaban J connectivity index is 2.17. The fourth-order valence-corrected chi connectivity index (χ4v) is 4.37. The summed E-state index contributed by atoms with van der Waals surface area (Å²) in [4.78, 5) is 63.1. The van der Waals surface area contributed by atoms with Crippen LogP contribution in [0.25, 0.3) is 0 Å². The molecule has 0 aliphatic carbocycles. The zero-order valence-corrected chi connectivity index (χ0v) is 25.2. The van der Waals surface area contributed by atoms with Gasteiger partial charge in [-0.05, 0) is 43.2 Å². The van der Waals surface area contributed by atoms with Gasteiger partial charge in [0.2, 0.25) is 17.7 Å². The first-order valence-electron chi connectivity index (χ1n) is 14.6. The van der Waals surface area contributed by atoms with Crippen molar-refractivity contribution >= 4 is 29.8 Å². The molecule has 0 aliphatic heterocycles. The molecule has 0 heterocycles. The zero-order valence-electron chi connectivity index (χ0n) is 25.2. The summed E-state index contributed by atoms with van der Waals surface area (Å²) in [5, 5.41) is 8.31. The van der Waals surface area contributed by atoms with Gasteiger partial charge in [0.1, 0.15) is 18.7 Å². The normalized spacial score (nSPS) is 12.8. The minimum Gasteiger partial charge on any atom is -0.466 e. The van der Waals surface area contributed by atoms with Crippen molar-refractivity contribution in [2.24, 2.45) is 11.7 Å². The van der Waals surface area contributed by atoms with E-state index in [9.17, 15) is 24.0 Å². The number of hydrogen-bond acceptors (Lipinski definition) is 7. The van der Waals surface area contributed by atoms with Crippen LogP contribution in [-0.2, 0) is 41.7 Å². The van der Waals surface area contributed by atoms with Crippen LogP contribution in [-0.4, -0.2) is 54.5 Å². The summed E-state index contributed by atoms with van der Waals surface area (Å²) in [5.41, 5.74) is 6.93. The Morgan fingerprint density at radius 3 is 1.91 bits per heavy atom. The molecule has 0 unspecified atom stereocenters. The zero-order chi connectivity index (χ0) is 31.6. The van der Waals surface area contributed by atoms with Crippen LogP contribution in [0.2, 0.25) is 0 Å². The van der Waals surface area contributed by atoms with E-state index in [-0.39, 0.29) is 51.2 Å². The van der Waals surface area contributed by atoms with E-state index in [1.165, 1.54) is 0 Å².